The fourth-order valence-corrected chi connectivity index (χ4v) is 3.48. The van der Waals surface area contributed by atoms with Gasteiger partial charge in [-0.3, -0.25) is 4.79 Å². The summed E-state index contributed by atoms with van der Waals surface area (Å²) in [5.41, 5.74) is 8.57. The van der Waals surface area contributed by atoms with Crippen molar-refractivity contribution in [1.82, 2.24) is 9.99 Å². The van der Waals surface area contributed by atoms with Crippen molar-refractivity contribution in [2.75, 3.05) is 6.61 Å². The van der Waals surface area contributed by atoms with Crippen molar-refractivity contribution in [2.45, 2.75) is 34.1 Å². The van der Waals surface area contributed by atoms with Crippen LogP contribution in [0.15, 0.2) is 53.6 Å². The minimum Gasteiger partial charge on any atom is -0.494 e. The van der Waals surface area contributed by atoms with E-state index in [4.69, 9.17) is 16.3 Å². The molecule has 3 rings (SSSR count). The van der Waals surface area contributed by atoms with Crippen LogP contribution in [0.1, 0.15) is 35.0 Å². The van der Waals surface area contributed by atoms with Crippen molar-refractivity contribution < 1.29 is 9.53 Å². The van der Waals surface area contributed by atoms with Crippen molar-refractivity contribution in [3.05, 3.63) is 81.6 Å². The number of hydrazone groups is 1. The van der Waals surface area contributed by atoms with Crippen LogP contribution < -0.4 is 10.2 Å². The first kappa shape index (κ1) is 21.7. The van der Waals surface area contributed by atoms with Crippen LogP contribution in [-0.4, -0.2) is 23.3 Å². The molecule has 1 heterocycles. The number of hydrogen-bond acceptors (Lipinski definition) is 3. The molecule has 0 bridgehead atoms. The number of nitrogens with one attached hydrogen (secondary N) is 1. The number of nitrogens with zero attached hydrogens (tertiary/aromatic N) is 2. The number of halogens is 1. The standard InChI is InChI=1S/C24H26ClN3O2/c1-5-30-22-10-7-19(8-11-22)13-24(29)27-26-15-20-12-17(3)28(18(20)4)21-9-6-16(2)23(25)14-21/h6-12,14-15H,5,13H2,1-4H3,(H,27,29)/b26-15-. The summed E-state index contributed by atoms with van der Waals surface area (Å²) in [5.74, 6) is 0.624. The highest BCUT2D eigenvalue weighted by Gasteiger charge is 2.11. The van der Waals surface area contributed by atoms with Crippen LogP contribution >= 0.6 is 11.6 Å². The molecule has 0 atom stereocenters. The Labute approximate surface area is 182 Å². The molecule has 0 saturated heterocycles. The first-order valence-corrected chi connectivity index (χ1v) is 10.3. The number of aromatic nitrogens is 1. The fraction of sp³-hybridized carbons (Fsp3) is 0.250. The van der Waals surface area contributed by atoms with Gasteiger partial charge in [0.25, 0.3) is 0 Å². The highest BCUT2D eigenvalue weighted by molar-refractivity contribution is 6.31. The largest absolute Gasteiger partial charge is 0.494 e. The normalized spacial score (nSPS) is 11.1. The van der Waals surface area contributed by atoms with Gasteiger partial charge < -0.3 is 9.30 Å². The second-order valence-corrected chi connectivity index (χ2v) is 7.55. The third kappa shape index (κ3) is 5.10. The highest BCUT2D eigenvalue weighted by atomic mass is 35.5. The van der Waals surface area contributed by atoms with Gasteiger partial charge in [0, 0.05) is 27.7 Å². The Kier molecular flexibility index (Phi) is 6.95. The van der Waals surface area contributed by atoms with E-state index in [1.165, 1.54) is 0 Å². The summed E-state index contributed by atoms with van der Waals surface area (Å²) in [7, 11) is 0. The summed E-state index contributed by atoms with van der Waals surface area (Å²) in [5, 5.41) is 4.87. The lowest BCUT2D eigenvalue weighted by Gasteiger charge is -2.11. The monoisotopic (exact) mass is 423 g/mol. The van der Waals surface area contributed by atoms with Crippen LogP contribution in [0.3, 0.4) is 0 Å². The average Bonchev–Trinajstić information content (AvgIpc) is 2.99. The predicted octanol–water partition coefficient (Wildman–Crippen LogP) is 5.15. The van der Waals surface area contributed by atoms with Crippen LogP contribution in [0.2, 0.25) is 5.02 Å². The molecule has 0 aliphatic carbocycles. The minimum atomic E-state index is -0.172. The van der Waals surface area contributed by atoms with Crippen molar-refractivity contribution in [1.29, 1.82) is 0 Å². The number of carbonyl (C=O) groups is 1. The smallest absolute Gasteiger partial charge is 0.244 e. The van der Waals surface area contributed by atoms with Gasteiger partial charge in [0.15, 0.2) is 0 Å². The molecule has 30 heavy (non-hydrogen) atoms. The molecule has 1 amide bonds. The summed E-state index contributed by atoms with van der Waals surface area (Å²) in [6.07, 6.45) is 1.93. The zero-order valence-electron chi connectivity index (χ0n) is 17.7. The fourth-order valence-electron chi connectivity index (χ4n) is 3.31. The first-order chi connectivity index (χ1) is 14.4. The summed E-state index contributed by atoms with van der Waals surface area (Å²) in [6, 6.07) is 15.5. The zero-order chi connectivity index (χ0) is 21.7. The second-order valence-electron chi connectivity index (χ2n) is 7.14. The molecule has 0 aliphatic rings. The Balaban J connectivity index is 1.66. The third-order valence-corrected chi connectivity index (χ3v) is 5.28. The summed E-state index contributed by atoms with van der Waals surface area (Å²) in [6.45, 7) is 8.58. The van der Waals surface area contributed by atoms with E-state index in [9.17, 15) is 4.79 Å². The number of rotatable bonds is 7. The van der Waals surface area contributed by atoms with Gasteiger partial charge in [0.2, 0.25) is 5.91 Å². The van der Waals surface area contributed by atoms with E-state index in [2.05, 4.69) is 15.1 Å². The van der Waals surface area contributed by atoms with Crippen LogP contribution in [0.4, 0.5) is 0 Å². The van der Waals surface area contributed by atoms with Crippen molar-refractivity contribution in [3.63, 3.8) is 0 Å². The number of amides is 1. The topological polar surface area (TPSA) is 55.6 Å². The number of carbonyl (C=O) groups excluding carboxylic acids is 1. The number of benzene rings is 2. The minimum absolute atomic E-state index is 0.172. The molecule has 0 spiro atoms. The molecule has 0 saturated carbocycles. The molecule has 1 N–H and O–H groups in total. The predicted molar refractivity (Wildman–Crippen MR) is 122 cm³/mol. The van der Waals surface area contributed by atoms with E-state index in [0.717, 1.165) is 44.5 Å². The molecule has 156 valence electrons. The number of aryl methyl sites for hydroxylation is 2. The quantitative estimate of drug-likeness (QED) is 0.422. The summed E-state index contributed by atoms with van der Waals surface area (Å²) in [4.78, 5) is 12.2. The number of hydrogen-bond donors (Lipinski definition) is 1. The first-order valence-electron chi connectivity index (χ1n) is 9.88. The van der Waals surface area contributed by atoms with Gasteiger partial charge in [-0.15, -0.1) is 0 Å². The SMILES string of the molecule is CCOc1ccc(CC(=O)N/N=C\c2cc(C)n(-c3ccc(C)c(Cl)c3)c2C)cc1. The van der Waals surface area contributed by atoms with Crippen LogP contribution in [0.25, 0.3) is 5.69 Å². The Bertz CT molecular complexity index is 1070. The van der Waals surface area contributed by atoms with Crippen LogP contribution in [0, 0.1) is 20.8 Å². The van der Waals surface area contributed by atoms with Gasteiger partial charge in [-0.25, -0.2) is 5.43 Å². The molecular weight excluding hydrogens is 398 g/mol. The maximum absolute atomic E-state index is 12.2. The summed E-state index contributed by atoms with van der Waals surface area (Å²) < 4.78 is 7.53. The average molecular weight is 424 g/mol. The van der Waals surface area contributed by atoms with Crippen molar-refractivity contribution >= 4 is 23.7 Å². The molecule has 1 aromatic heterocycles. The molecule has 5 nitrogen and oxygen atoms in total. The van der Waals surface area contributed by atoms with E-state index >= 15 is 0 Å². The third-order valence-electron chi connectivity index (χ3n) is 4.88. The van der Waals surface area contributed by atoms with Gasteiger partial charge in [-0.2, -0.15) is 5.10 Å². The van der Waals surface area contributed by atoms with E-state index in [0.29, 0.717) is 6.61 Å². The van der Waals surface area contributed by atoms with Gasteiger partial charge in [0.1, 0.15) is 5.75 Å². The Hall–Kier alpha value is -3.05. The second kappa shape index (κ2) is 9.63. The van der Waals surface area contributed by atoms with E-state index < -0.39 is 0 Å². The lowest BCUT2D eigenvalue weighted by Crippen LogP contribution is -2.19. The molecule has 0 fully saturated rings. The van der Waals surface area contributed by atoms with Crippen molar-refractivity contribution in [2.24, 2.45) is 5.10 Å². The van der Waals surface area contributed by atoms with Crippen LogP contribution in [0.5, 0.6) is 5.75 Å². The Morgan fingerprint density at radius 2 is 1.87 bits per heavy atom. The van der Waals surface area contributed by atoms with Crippen molar-refractivity contribution in [3.8, 4) is 11.4 Å². The Morgan fingerprint density at radius 1 is 1.13 bits per heavy atom. The molecule has 0 radical (unpaired) electrons. The lowest BCUT2D eigenvalue weighted by molar-refractivity contribution is -0.120. The van der Waals surface area contributed by atoms with Gasteiger partial charge in [-0.05, 0) is 69.2 Å². The van der Waals surface area contributed by atoms with Gasteiger partial charge in [0.05, 0.1) is 19.2 Å². The van der Waals surface area contributed by atoms with E-state index in [1.807, 2.05) is 76.2 Å². The molecule has 2 aromatic carbocycles. The molecule has 0 aliphatic heterocycles. The van der Waals surface area contributed by atoms with Gasteiger partial charge >= 0.3 is 0 Å². The number of ether oxygens (including phenoxy) is 1. The summed E-state index contributed by atoms with van der Waals surface area (Å²) >= 11 is 6.29. The highest BCUT2D eigenvalue weighted by Crippen LogP contribution is 2.24. The zero-order valence-corrected chi connectivity index (χ0v) is 18.5. The maximum Gasteiger partial charge on any atom is 0.244 e. The molecule has 3 aromatic rings. The molecule has 0 unspecified atom stereocenters. The van der Waals surface area contributed by atoms with Gasteiger partial charge in [-0.1, -0.05) is 29.8 Å². The molecular formula is C24H26ClN3O2. The van der Waals surface area contributed by atoms with E-state index in [1.54, 1.807) is 6.21 Å². The van der Waals surface area contributed by atoms with E-state index in [-0.39, 0.29) is 12.3 Å². The molecule has 6 heteroatoms. The Morgan fingerprint density at radius 3 is 2.53 bits per heavy atom. The maximum atomic E-state index is 12.2. The van der Waals surface area contributed by atoms with Crippen LogP contribution in [-0.2, 0) is 11.2 Å². The lowest BCUT2D eigenvalue weighted by atomic mass is 10.1.